The highest BCUT2D eigenvalue weighted by Crippen LogP contribution is 2.59. The lowest BCUT2D eigenvalue weighted by Gasteiger charge is -2.64. The maximum absolute atomic E-state index is 7.51. The Bertz CT molecular complexity index is 1500. The molecule has 4 unspecified atom stereocenters. The van der Waals surface area contributed by atoms with Crippen LogP contribution in [0.3, 0.4) is 0 Å². The summed E-state index contributed by atoms with van der Waals surface area (Å²) in [5.41, 5.74) is 5.53. The lowest BCUT2D eigenvalue weighted by atomic mass is 9.73. The van der Waals surface area contributed by atoms with E-state index in [1.807, 2.05) is 42.5 Å². The second-order valence-corrected chi connectivity index (χ2v) is 11.0. The van der Waals surface area contributed by atoms with Gasteiger partial charge in [0.1, 0.15) is 11.6 Å². The van der Waals surface area contributed by atoms with E-state index in [1.54, 1.807) is 0 Å². The fraction of sp³-hybridized carbons (Fsp3) is 0.226. The predicted octanol–water partition coefficient (Wildman–Crippen LogP) is 6.97. The molecule has 1 fully saturated rings. The second kappa shape index (κ2) is 8.24. The van der Waals surface area contributed by atoms with E-state index in [9.17, 15) is 0 Å². The van der Waals surface area contributed by atoms with Crippen molar-refractivity contribution >= 4 is 34.6 Å². The fourth-order valence-corrected chi connectivity index (χ4v) is 6.91. The summed E-state index contributed by atoms with van der Waals surface area (Å²) in [6, 6.07) is 32.7. The molecule has 3 heterocycles. The summed E-state index contributed by atoms with van der Waals surface area (Å²) >= 11 is 13.1. The van der Waals surface area contributed by atoms with E-state index < -0.39 is 11.4 Å². The van der Waals surface area contributed by atoms with Gasteiger partial charge in [-0.15, -0.1) is 0 Å². The highest BCUT2D eigenvalue weighted by molar-refractivity contribution is 6.31. The van der Waals surface area contributed by atoms with E-state index in [4.69, 9.17) is 32.7 Å². The molecule has 4 aromatic rings. The SMILES string of the molecule is CN1c2ccc(Cl)cc2C2(c3ccccc3)OC1C1N(C)c3ccc(Cl)cc3CC1(c1ccccc1)O2. The molecule has 0 saturated carbocycles. The number of fused-ring (bicyclic) bond motifs is 7. The van der Waals surface area contributed by atoms with Gasteiger partial charge in [0.2, 0.25) is 5.79 Å². The van der Waals surface area contributed by atoms with Gasteiger partial charge >= 0.3 is 0 Å². The molecule has 186 valence electrons. The van der Waals surface area contributed by atoms with Gasteiger partial charge in [-0.1, -0.05) is 83.9 Å². The third-order valence-electron chi connectivity index (χ3n) is 8.14. The highest BCUT2D eigenvalue weighted by atomic mass is 35.5. The molecular formula is C31H26Cl2N2O2. The maximum Gasteiger partial charge on any atom is 0.227 e. The van der Waals surface area contributed by atoms with Crippen LogP contribution in [-0.2, 0) is 27.3 Å². The normalized spacial score (nSPS) is 27.8. The average molecular weight is 529 g/mol. The van der Waals surface area contributed by atoms with Crippen LogP contribution in [0.4, 0.5) is 11.4 Å². The minimum Gasteiger partial charge on any atom is -0.364 e. The number of hydrogen-bond acceptors (Lipinski definition) is 4. The summed E-state index contributed by atoms with van der Waals surface area (Å²) in [5, 5.41) is 1.36. The van der Waals surface area contributed by atoms with Gasteiger partial charge in [-0.3, -0.25) is 0 Å². The number of benzene rings is 4. The first-order chi connectivity index (χ1) is 17.9. The second-order valence-electron chi connectivity index (χ2n) is 10.1. The molecule has 0 radical (unpaired) electrons. The molecular weight excluding hydrogens is 503 g/mol. The number of halogens is 2. The van der Waals surface area contributed by atoms with Crippen molar-refractivity contribution in [1.82, 2.24) is 0 Å². The number of nitrogens with zero attached hydrogens (tertiary/aromatic N) is 2. The summed E-state index contributed by atoms with van der Waals surface area (Å²) < 4.78 is 14.6. The van der Waals surface area contributed by atoms with E-state index >= 15 is 0 Å². The molecule has 0 aliphatic carbocycles. The smallest absolute Gasteiger partial charge is 0.227 e. The van der Waals surface area contributed by atoms with Crippen LogP contribution >= 0.6 is 23.2 Å². The molecule has 2 bridgehead atoms. The van der Waals surface area contributed by atoms with Crippen LogP contribution in [0.2, 0.25) is 10.0 Å². The minimum atomic E-state index is -1.15. The quantitative estimate of drug-likeness (QED) is 0.280. The van der Waals surface area contributed by atoms with Crippen LogP contribution in [0, 0.1) is 0 Å². The number of anilines is 2. The van der Waals surface area contributed by atoms with Crippen LogP contribution in [0.25, 0.3) is 0 Å². The van der Waals surface area contributed by atoms with Crippen molar-refractivity contribution in [2.24, 2.45) is 0 Å². The molecule has 0 amide bonds. The van der Waals surface area contributed by atoms with Gasteiger partial charge in [0.15, 0.2) is 6.23 Å². The summed E-state index contributed by atoms with van der Waals surface area (Å²) in [7, 11) is 4.22. The fourth-order valence-electron chi connectivity index (χ4n) is 6.54. The molecule has 0 N–H and O–H groups in total. The van der Waals surface area contributed by atoms with Crippen molar-refractivity contribution in [1.29, 1.82) is 0 Å². The summed E-state index contributed by atoms with van der Waals surface area (Å²) in [6.07, 6.45) is 0.344. The number of ether oxygens (including phenoxy) is 2. The molecule has 1 saturated heterocycles. The van der Waals surface area contributed by atoms with Crippen molar-refractivity contribution in [3.8, 4) is 0 Å². The number of hydrogen-bond donors (Lipinski definition) is 0. The van der Waals surface area contributed by atoms with Crippen LogP contribution in [0.5, 0.6) is 0 Å². The number of rotatable bonds is 2. The first-order valence-electron chi connectivity index (χ1n) is 12.5. The largest absolute Gasteiger partial charge is 0.364 e. The Labute approximate surface area is 226 Å². The number of likely N-dealkylation sites (N-methyl/N-ethyl adjacent to an activating group) is 2. The molecule has 4 atom stereocenters. The van der Waals surface area contributed by atoms with Crippen molar-refractivity contribution < 1.29 is 9.47 Å². The van der Waals surface area contributed by atoms with Gasteiger partial charge in [0.25, 0.3) is 0 Å². The Morgan fingerprint density at radius 2 is 1.35 bits per heavy atom. The maximum atomic E-state index is 7.51. The Kier molecular flexibility index (Phi) is 5.15. The molecule has 4 nitrogen and oxygen atoms in total. The van der Waals surface area contributed by atoms with E-state index in [0.717, 1.165) is 33.6 Å². The third kappa shape index (κ3) is 3.23. The first kappa shape index (κ1) is 23.1. The van der Waals surface area contributed by atoms with Crippen molar-refractivity contribution in [2.45, 2.75) is 30.1 Å². The standard InChI is InChI=1S/C31H26Cl2N2O2/c1-34-26-15-13-23(32)17-20(26)19-30(21-9-5-3-6-10-21)28(34)29-35(2)27-16-14-24(33)18-25(27)31(36-29,37-30)22-11-7-4-8-12-22/h3-18,28-29H,19H2,1-2H3. The Hall–Kier alpha value is -3.02. The molecule has 0 aromatic heterocycles. The van der Waals surface area contributed by atoms with E-state index in [1.165, 1.54) is 0 Å². The molecule has 0 spiro atoms. The predicted molar refractivity (Wildman–Crippen MR) is 149 cm³/mol. The van der Waals surface area contributed by atoms with E-state index in [2.05, 4.69) is 78.5 Å². The highest BCUT2D eigenvalue weighted by Gasteiger charge is 2.65. The van der Waals surface area contributed by atoms with Gasteiger partial charge in [0.05, 0.1) is 0 Å². The monoisotopic (exact) mass is 528 g/mol. The summed E-state index contributed by atoms with van der Waals surface area (Å²) in [4.78, 5) is 4.54. The summed E-state index contributed by atoms with van der Waals surface area (Å²) in [5.74, 6) is -1.15. The lowest BCUT2D eigenvalue weighted by Crippen LogP contribution is -2.73. The zero-order valence-electron chi connectivity index (χ0n) is 20.6. The lowest BCUT2D eigenvalue weighted by molar-refractivity contribution is -0.356. The molecule has 4 aromatic carbocycles. The van der Waals surface area contributed by atoms with Crippen molar-refractivity contribution in [3.05, 3.63) is 129 Å². The van der Waals surface area contributed by atoms with Gasteiger partial charge < -0.3 is 19.3 Å². The first-order valence-corrected chi connectivity index (χ1v) is 13.2. The Morgan fingerprint density at radius 1 is 0.730 bits per heavy atom. The Balaban J connectivity index is 1.56. The molecule has 7 rings (SSSR count). The topological polar surface area (TPSA) is 24.9 Å². The van der Waals surface area contributed by atoms with Crippen LogP contribution < -0.4 is 9.80 Å². The van der Waals surface area contributed by atoms with Crippen LogP contribution in [0.15, 0.2) is 97.1 Å². The van der Waals surface area contributed by atoms with Crippen molar-refractivity contribution in [3.63, 3.8) is 0 Å². The minimum absolute atomic E-state index is 0.144. The molecule has 6 heteroatoms. The van der Waals surface area contributed by atoms with E-state index in [-0.39, 0.29) is 12.3 Å². The van der Waals surface area contributed by atoms with E-state index in [0.29, 0.717) is 16.5 Å². The van der Waals surface area contributed by atoms with Gasteiger partial charge in [0, 0.05) is 53.1 Å². The van der Waals surface area contributed by atoms with Gasteiger partial charge in [-0.2, -0.15) is 0 Å². The van der Waals surface area contributed by atoms with Crippen LogP contribution in [0.1, 0.15) is 22.3 Å². The van der Waals surface area contributed by atoms with Crippen molar-refractivity contribution in [2.75, 3.05) is 23.9 Å². The zero-order valence-corrected chi connectivity index (χ0v) is 22.1. The molecule has 37 heavy (non-hydrogen) atoms. The average Bonchev–Trinajstić information content (AvgIpc) is 2.92. The third-order valence-corrected chi connectivity index (χ3v) is 8.61. The van der Waals surface area contributed by atoms with Gasteiger partial charge in [-0.05, 0) is 47.5 Å². The van der Waals surface area contributed by atoms with Gasteiger partial charge in [-0.25, -0.2) is 0 Å². The summed E-state index contributed by atoms with van der Waals surface area (Å²) in [6.45, 7) is 0. The molecule has 3 aliphatic heterocycles. The zero-order chi connectivity index (χ0) is 25.4. The van der Waals surface area contributed by atoms with Crippen LogP contribution in [-0.4, -0.2) is 26.4 Å². The Morgan fingerprint density at radius 3 is 2.05 bits per heavy atom. The molecule has 3 aliphatic rings.